The fourth-order valence-corrected chi connectivity index (χ4v) is 5.29. The zero-order chi connectivity index (χ0) is 23.9. The van der Waals surface area contributed by atoms with Gasteiger partial charge in [0, 0.05) is 30.1 Å². The summed E-state index contributed by atoms with van der Waals surface area (Å²) < 4.78 is 11.3. The third-order valence-corrected chi connectivity index (χ3v) is 7.02. The number of rotatable bonds is 5. The summed E-state index contributed by atoms with van der Waals surface area (Å²) in [5.41, 5.74) is 2.89. The highest BCUT2D eigenvalue weighted by atomic mass is 16.6. The largest absolute Gasteiger partial charge is 0.486 e. The molecule has 2 N–H and O–H groups in total. The molecule has 6 rings (SSSR count). The van der Waals surface area contributed by atoms with E-state index in [0.29, 0.717) is 37.7 Å². The summed E-state index contributed by atoms with van der Waals surface area (Å²) in [5.74, 6) is 0.779. The number of para-hydroxylation sites is 1. The van der Waals surface area contributed by atoms with Crippen molar-refractivity contribution in [1.82, 2.24) is 20.1 Å². The monoisotopic (exact) mass is 474 g/mol. The molecule has 0 bridgehead atoms. The number of amides is 4. The van der Waals surface area contributed by atoms with Crippen molar-refractivity contribution in [3.8, 4) is 11.5 Å². The van der Waals surface area contributed by atoms with Crippen molar-refractivity contribution in [2.45, 2.75) is 31.3 Å². The van der Waals surface area contributed by atoms with E-state index in [4.69, 9.17) is 9.47 Å². The Hall–Kier alpha value is -4.01. The lowest BCUT2D eigenvalue weighted by Crippen LogP contribution is -2.43. The van der Waals surface area contributed by atoms with E-state index in [0.717, 1.165) is 39.8 Å². The molecule has 0 radical (unpaired) electrons. The first-order chi connectivity index (χ1) is 17.1. The lowest BCUT2D eigenvalue weighted by Gasteiger charge is -2.28. The molecule has 0 aliphatic carbocycles. The number of hydrogen-bond acceptors (Lipinski definition) is 5. The van der Waals surface area contributed by atoms with Gasteiger partial charge in [0.2, 0.25) is 5.91 Å². The van der Waals surface area contributed by atoms with Crippen LogP contribution in [0.3, 0.4) is 0 Å². The maximum Gasteiger partial charge on any atom is 0.325 e. The second kappa shape index (κ2) is 8.65. The molecule has 9 heteroatoms. The molecule has 1 aromatic heterocycles. The molecule has 3 aliphatic heterocycles. The summed E-state index contributed by atoms with van der Waals surface area (Å²) in [6.45, 7) is 1.33. The third-order valence-electron chi connectivity index (χ3n) is 7.02. The average molecular weight is 475 g/mol. The molecule has 4 heterocycles. The van der Waals surface area contributed by atoms with Crippen molar-refractivity contribution in [2.24, 2.45) is 0 Å². The lowest BCUT2D eigenvalue weighted by atomic mass is 10.0. The van der Waals surface area contributed by atoms with E-state index in [9.17, 15) is 14.4 Å². The molecule has 3 aromatic rings. The van der Waals surface area contributed by atoms with Gasteiger partial charge < -0.3 is 24.7 Å². The average Bonchev–Trinajstić information content (AvgIpc) is 3.59. The Kier molecular flexibility index (Phi) is 5.32. The number of likely N-dealkylation sites (tertiary alicyclic amines) is 1. The number of hydrogen-bond donors (Lipinski definition) is 2. The SMILES string of the molecule is O=C1NC(Cc2c[nH]c3ccccc23)C(=O)N1CC(=O)N1CCCC1c1ccc2c(c1)OCCO2. The minimum absolute atomic E-state index is 0.124. The van der Waals surface area contributed by atoms with Crippen LogP contribution in [0, 0.1) is 0 Å². The standard InChI is InChI=1S/C26H26N4O5/c31-24(29-9-3-6-21(29)16-7-8-22-23(13-16)35-11-10-34-22)15-30-25(32)20(28-26(30)33)12-17-14-27-19-5-2-1-4-18(17)19/h1-2,4-5,7-8,13-14,20-21,27H,3,6,9-12,15H2,(H,28,33). The maximum atomic E-state index is 13.3. The number of H-pyrrole nitrogens is 1. The maximum absolute atomic E-state index is 13.3. The van der Waals surface area contributed by atoms with Crippen molar-refractivity contribution in [3.63, 3.8) is 0 Å². The number of carbonyl (C=O) groups excluding carboxylic acids is 3. The molecule has 2 fully saturated rings. The summed E-state index contributed by atoms with van der Waals surface area (Å²) in [7, 11) is 0. The molecule has 180 valence electrons. The van der Waals surface area contributed by atoms with Crippen molar-refractivity contribution < 1.29 is 23.9 Å². The number of urea groups is 1. The highest BCUT2D eigenvalue weighted by Crippen LogP contribution is 2.38. The highest BCUT2D eigenvalue weighted by molar-refractivity contribution is 6.06. The van der Waals surface area contributed by atoms with Gasteiger partial charge >= 0.3 is 6.03 Å². The molecule has 35 heavy (non-hydrogen) atoms. The molecule has 0 saturated carbocycles. The Labute approximate surface area is 202 Å². The Morgan fingerprint density at radius 2 is 1.89 bits per heavy atom. The van der Waals surface area contributed by atoms with Crippen LogP contribution in [0.25, 0.3) is 10.9 Å². The summed E-state index contributed by atoms with van der Waals surface area (Å²) in [5, 5.41) is 3.77. The van der Waals surface area contributed by atoms with Gasteiger partial charge in [-0.3, -0.25) is 14.5 Å². The van der Waals surface area contributed by atoms with Crippen LogP contribution in [-0.2, 0) is 16.0 Å². The van der Waals surface area contributed by atoms with E-state index in [1.165, 1.54) is 0 Å². The molecule has 9 nitrogen and oxygen atoms in total. The van der Waals surface area contributed by atoms with Gasteiger partial charge in [-0.2, -0.15) is 0 Å². The second-order valence-electron chi connectivity index (χ2n) is 9.14. The van der Waals surface area contributed by atoms with Gasteiger partial charge in [0.25, 0.3) is 5.91 Å². The number of nitrogens with zero attached hydrogens (tertiary/aromatic N) is 2. The van der Waals surface area contributed by atoms with Crippen LogP contribution in [0.5, 0.6) is 11.5 Å². The molecule has 2 saturated heterocycles. The predicted molar refractivity (Wildman–Crippen MR) is 127 cm³/mol. The van der Waals surface area contributed by atoms with Crippen molar-refractivity contribution in [3.05, 3.63) is 59.8 Å². The summed E-state index contributed by atoms with van der Waals surface area (Å²) in [6.07, 6.45) is 3.89. The summed E-state index contributed by atoms with van der Waals surface area (Å²) in [4.78, 5) is 45.0. The molecular formula is C26H26N4O5. The van der Waals surface area contributed by atoms with E-state index in [2.05, 4.69) is 10.3 Å². The first kappa shape index (κ1) is 21.5. The molecule has 2 unspecified atom stereocenters. The van der Waals surface area contributed by atoms with Crippen molar-refractivity contribution >= 4 is 28.7 Å². The van der Waals surface area contributed by atoms with Gasteiger partial charge in [-0.1, -0.05) is 24.3 Å². The summed E-state index contributed by atoms with van der Waals surface area (Å²) in [6, 6.07) is 12.2. The van der Waals surface area contributed by atoms with E-state index in [-0.39, 0.29) is 24.4 Å². The Morgan fingerprint density at radius 1 is 1.06 bits per heavy atom. The fourth-order valence-electron chi connectivity index (χ4n) is 5.29. The molecule has 3 aliphatic rings. The molecular weight excluding hydrogens is 448 g/mol. The van der Waals surface area contributed by atoms with E-state index < -0.39 is 12.1 Å². The molecule has 4 amide bonds. The van der Waals surface area contributed by atoms with Crippen LogP contribution < -0.4 is 14.8 Å². The van der Waals surface area contributed by atoms with Crippen LogP contribution in [0.1, 0.15) is 30.0 Å². The van der Waals surface area contributed by atoms with Crippen molar-refractivity contribution in [1.29, 1.82) is 0 Å². The minimum atomic E-state index is -0.693. The van der Waals surface area contributed by atoms with Crippen LogP contribution in [0.4, 0.5) is 4.79 Å². The van der Waals surface area contributed by atoms with Gasteiger partial charge in [0.1, 0.15) is 25.8 Å². The van der Waals surface area contributed by atoms with E-state index in [1.54, 1.807) is 4.90 Å². The van der Waals surface area contributed by atoms with Crippen LogP contribution in [0.15, 0.2) is 48.7 Å². The number of carbonyl (C=O) groups is 3. The highest BCUT2D eigenvalue weighted by Gasteiger charge is 2.41. The number of ether oxygens (including phenoxy) is 2. The van der Waals surface area contributed by atoms with Crippen molar-refractivity contribution in [2.75, 3.05) is 26.3 Å². The second-order valence-corrected chi connectivity index (χ2v) is 9.14. The molecule has 2 atom stereocenters. The zero-order valence-electron chi connectivity index (χ0n) is 19.2. The first-order valence-corrected chi connectivity index (χ1v) is 11.9. The topological polar surface area (TPSA) is 104 Å². The van der Waals surface area contributed by atoms with Crippen LogP contribution >= 0.6 is 0 Å². The van der Waals surface area contributed by atoms with E-state index >= 15 is 0 Å². The van der Waals surface area contributed by atoms with Crippen LogP contribution in [0.2, 0.25) is 0 Å². The minimum Gasteiger partial charge on any atom is -0.486 e. The fraction of sp³-hybridized carbons (Fsp3) is 0.346. The smallest absolute Gasteiger partial charge is 0.325 e. The van der Waals surface area contributed by atoms with Gasteiger partial charge in [-0.15, -0.1) is 0 Å². The first-order valence-electron chi connectivity index (χ1n) is 11.9. The van der Waals surface area contributed by atoms with E-state index in [1.807, 2.05) is 48.7 Å². The Morgan fingerprint density at radius 3 is 2.77 bits per heavy atom. The normalized spacial score (nSPS) is 21.6. The molecule has 0 spiro atoms. The quantitative estimate of drug-likeness (QED) is 0.554. The number of nitrogens with one attached hydrogen (secondary N) is 2. The number of aromatic amines is 1. The number of benzene rings is 2. The predicted octanol–water partition coefficient (Wildman–Crippen LogP) is 2.77. The Bertz CT molecular complexity index is 1320. The Balaban J connectivity index is 1.15. The molecule has 2 aromatic carbocycles. The van der Waals surface area contributed by atoms with Gasteiger partial charge in [0.05, 0.1) is 6.04 Å². The lowest BCUT2D eigenvalue weighted by molar-refractivity contribution is -0.138. The van der Waals surface area contributed by atoms with Gasteiger partial charge in [-0.05, 0) is 42.2 Å². The van der Waals surface area contributed by atoms with Gasteiger partial charge in [-0.25, -0.2) is 4.79 Å². The number of aromatic nitrogens is 1. The summed E-state index contributed by atoms with van der Waals surface area (Å²) >= 11 is 0. The number of fused-ring (bicyclic) bond motifs is 2. The number of imide groups is 1. The van der Waals surface area contributed by atoms with Crippen LogP contribution in [-0.4, -0.2) is 65.0 Å². The van der Waals surface area contributed by atoms with Gasteiger partial charge in [0.15, 0.2) is 11.5 Å². The third kappa shape index (κ3) is 3.86. The zero-order valence-corrected chi connectivity index (χ0v) is 19.2.